The number of nitrogens with one attached hydrogen (secondary N) is 1. The fraction of sp³-hybridized carbons (Fsp3) is 0.500. The van der Waals surface area contributed by atoms with Gasteiger partial charge in [-0.2, -0.15) is 0 Å². The quantitative estimate of drug-likeness (QED) is 0.460. The van der Waals surface area contributed by atoms with E-state index in [1.165, 1.54) is 9.13 Å². The highest BCUT2D eigenvalue weighted by Crippen LogP contribution is 2.14. The predicted octanol–water partition coefficient (Wildman–Crippen LogP) is 3.29. The first-order valence-electron chi connectivity index (χ1n) is 6.28. The first kappa shape index (κ1) is 15.4. The Labute approximate surface area is 122 Å². The Morgan fingerprint density at radius 1 is 1.39 bits per heavy atom. The lowest BCUT2D eigenvalue weighted by Crippen LogP contribution is -2.20. The van der Waals surface area contributed by atoms with Crippen molar-refractivity contribution in [3.05, 3.63) is 33.4 Å². The molecule has 0 fully saturated rings. The summed E-state index contributed by atoms with van der Waals surface area (Å²) in [4.78, 5) is 11.1. The van der Waals surface area contributed by atoms with Crippen LogP contribution in [0, 0.1) is 3.57 Å². The molecule has 0 amide bonds. The molecule has 0 saturated carbocycles. The van der Waals surface area contributed by atoms with E-state index >= 15 is 0 Å². The third-order valence-corrected chi connectivity index (χ3v) is 3.40. The van der Waals surface area contributed by atoms with Crippen molar-refractivity contribution in [1.29, 1.82) is 0 Å². The second kappa shape index (κ2) is 8.48. The molecule has 0 aliphatic carbocycles. The molecule has 0 heterocycles. The van der Waals surface area contributed by atoms with Crippen LogP contribution in [0.2, 0.25) is 0 Å². The van der Waals surface area contributed by atoms with Gasteiger partial charge in [-0.3, -0.25) is 4.79 Å². The van der Waals surface area contributed by atoms with Gasteiger partial charge in [-0.05, 0) is 67.1 Å². The molecule has 1 rings (SSSR count). The molecule has 0 spiro atoms. The van der Waals surface area contributed by atoms with Crippen LogP contribution in [0.15, 0.2) is 24.3 Å². The van der Waals surface area contributed by atoms with Crippen LogP contribution in [0.25, 0.3) is 0 Å². The van der Waals surface area contributed by atoms with Gasteiger partial charge in [0.25, 0.3) is 0 Å². The predicted molar refractivity (Wildman–Crippen MR) is 81.4 cm³/mol. The number of halogens is 1. The minimum atomic E-state index is -0.110. The normalized spacial score (nSPS) is 12.2. The summed E-state index contributed by atoms with van der Waals surface area (Å²) in [5.74, 6) is -0.110. The smallest absolute Gasteiger partial charge is 0.305 e. The molecule has 1 aromatic carbocycles. The molecule has 1 unspecified atom stereocenters. The Kier molecular flexibility index (Phi) is 7.27. The van der Waals surface area contributed by atoms with Gasteiger partial charge in [-0.1, -0.05) is 12.1 Å². The van der Waals surface area contributed by atoms with Gasteiger partial charge in [0.05, 0.1) is 6.61 Å². The lowest BCUT2D eigenvalue weighted by Gasteiger charge is -2.14. The molecule has 0 aliphatic rings. The summed E-state index contributed by atoms with van der Waals surface area (Å²) in [6, 6.07) is 8.78. The third kappa shape index (κ3) is 5.82. The van der Waals surface area contributed by atoms with Gasteiger partial charge >= 0.3 is 5.97 Å². The van der Waals surface area contributed by atoms with Gasteiger partial charge in [0.15, 0.2) is 0 Å². The van der Waals surface area contributed by atoms with Crippen molar-refractivity contribution in [2.45, 2.75) is 32.7 Å². The maximum atomic E-state index is 11.1. The Morgan fingerprint density at radius 2 is 2.06 bits per heavy atom. The number of ether oxygens (including phenoxy) is 1. The lowest BCUT2D eigenvalue weighted by molar-refractivity contribution is -0.143. The van der Waals surface area contributed by atoms with Gasteiger partial charge in [0.1, 0.15) is 0 Å². The van der Waals surface area contributed by atoms with E-state index in [-0.39, 0.29) is 5.97 Å². The van der Waals surface area contributed by atoms with Crippen molar-refractivity contribution >= 4 is 28.6 Å². The van der Waals surface area contributed by atoms with Crippen LogP contribution in [-0.2, 0) is 9.53 Å². The SMILES string of the molecule is CCOC(=O)CCCNC(C)c1ccc(I)cc1. The second-order valence-corrected chi connectivity index (χ2v) is 5.38. The summed E-state index contributed by atoms with van der Waals surface area (Å²) in [5.41, 5.74) is 1.27. The summed E-state index contributed by atoms with van der Waals surface area (Å²) in [6.07, 6.45) is 1.30. The summed E-state index contributed by atoms with van der Waals surface area (Å²) >= 11 is 2.30. The molecule has 0 saturated heterocycles. The van der Waals surface area contributed by atoms with Crippen LogP contribution >= 0.6 is 22.6 Å². The van der Waals surface area contributed by atoms with E-state index in [9.17, 15) is 4.79 Å². The summed E-state index contributed by atoms with van der Waals surface area (Å²) in [7, 11) is 0. The fourth-order valence-electron chi connectivity index (χ4n) is 1.65. The molecular weight excluding hydrogens is 341 g/mol. The molecular formula is C14H20INO2. The van der Waals surface area contributed by atoms with Crippen LogP contribution in [0.5, 0.6) is 0 Å². The average molecular weight is 361 g/mol. The van der Waals surface area contributed by atoms with Crippen molar-refractivity contribution in [1.82, 2.24) is 5.32 Å². The molecule has 0 aliphatic heterocycles. The third-order valence-electron chi connectivity index (χ3n) is 2.68. The van der Waals surface area contributed by atoms with E-state index in [0.717, 1.165) is 13.0 Å². The molecule has 4 heteroatoms. The van der Waals surface area contributed by atoms with E-state index < -0.39 is 0 Å². The zero-order valence-corrected chi connectivity index (χ0v) is 13.1. The van der Waals surface area contributed by atoms with Crippen molar-refractivity contribution < 1.29 is 9.53 Å². The minimum absolute atomic E-state index is 0.110. The van der Waals surface area contributed by atoms with Gasteiger partial charge in [-0.15, -0.1) is 0 Å². The largest absolute Gasteiger partial charge is 0.466 e. The molecule has 100 valence electrons. The number of benzene rings is 1. The molecule has 1 atom stereocenters. The summed E-state index contributed by atoms with van der Waals surface area (Å²) in [6.45, 7) is 5.25. The molecule has 0 bridgehead atoms. The zero-order valence-electron chi connectivity index (χ0n) is 10.9. The number of hydrogen-bond acceptors (Lipinski definition) is 3. The summed E-state index contributed by atoms with van der Waals surface area (Å²) in [5, 5.41) is 3.41. The summed E-state index contributed by atoms with van der Waals surface area (Å²) < 4.78 is 6.12. The van der Waals surface area contributed by atoms with E-state index in [4.69, 9.17) is 4.74 Å². The Bertz CT molecular complexity index is 365. The molecule has 1 aromatic rings. The number of hydrogen-bond donors (Lipinski definition) is 1. The highest BCUT2D eigenvalue weighted by Gasteiger charge is 2.05. The Balaban J connectivity index is 2.23. The highest BCUT2D eigenvalue weighted by molar-refractivity contribution is 14.1. The standard InChI is InChI=1S/C14H20INO2/c1-3-18-14(17)5-4-10-16-11(2)12-6-8-13(15)9-7-12/h6-9,11,16H,3-5,10H2,1-2H3. The first-order valence-corrected chi connectivity index (χ1v) is 7.35. The van der Waals surface area contributed by atoms with E-state index in [2.05, 4.69) is 59.1 Å². The maximum absolute atomic E-state index is 11.1. The van der Waals surface area contributed by atoms with Gasteiger partial charge in [0.2, 0.25) is 0 Å². The molecule has 0 radical (unpaired) electrons. The fourth-order valence-corrected chi connectivity index (χ4v) is 2.01. The Morgan fingerprint density at radius 3 is 2.67 bits per heavy atom. The topological polar surface area (TPSA) is 38.3 Å². The first-order chi connectivity index (χ1) is 8.63. The molecule has 1 N–H and O–H groups in total. The van der Waals surface area contributed by atoms with Crippen molar-refractivity contribution in [2.24, 2.45) is 0 Å². The van der Waals surface area contributed by atoms with Gasteiger partial charge in [-0.25, -0.2) is 0 Å². The number of esters is 1. The van der Waals surface area contributed by atoms with Crippen LogP contribution < -0.4 is 5.32 Å². The molecule has 0 aromatic heterocycles. The van der Waals surface area contributed by atoms with Gasteiger partial charge < -0.3 is 10.1 Å². The lowest BCUT2D eigenvalue weighted by atomic mass is 10.1. The van der Waals surface area contributed by atoms with Crippen LogP contribution in [0.1, 0.15) is 38.3 Å². The van der Waals surface area contributed by atoms with Crippen molar-refractivity contribution in [2.75, 3.05) is 13.2 Å². The van der Waals surface area contributed by atoms with Crippen molar-refractivity contribution in [3.8, 4) is 0 Å². The minimum Gasteiger partial charge on any atom is -0.466 e. The average Bonchev–Trinajstić information content (AvgIpc) is 2.35. The number of carbonyl (C=O) groups is 1. The van der Waals surface area contributed by atoms with Crippen LogP contribution in [0.4, 0.5) is 0 Å². The maximum Gasteiger partial charge on any atom is 0.305 e. The van der Waals surface area contributed by atoms with Gasteiger partial charge in [0, 0.05) is 16.0 Å². The second-order valence-electron chi connectivity index (χ2n) is 4.14. The van der Waals surface area contributed by atoms with Crippen LogP contribution in [-0.4, -0.2) is 19.1 Å². The van der Waals surface area contributed by atoms with Crippen molar-refractivity contribution in [3.63, 3.8) is 0 Å². The number of carbonyl (C=O) groups excluding carboxylic acids is 1. The monoisotopic (exact) mass is 361 g/mol. The van der Waals surface area contributed by atoms with Crippen LogP contribution in [0.3, 0.4) is 0 Å². The van der Waals surface area contributed by atoms with E-state index in [0.29, 0.717) is 19.1 Å². The highest BCUT2D eigenvalue weighted by atomic mass is 127. The molecule has 18 heavy (non-hydrogen) atoms. The van der Waals surface area contributed by atoms with E-state index in [1.807, 2.05) is 6.92 Å². The Hall–Kier alpha value is -0.620. The number of rotatable bonds is 7. The molecule has 3 nitrogen and oxygen atoms in total. The zero-order chi connectivity index (χ0) is 13.4. The van der Waals surface area contributed by atoms with E-state index in [1.54, 1.807) is 0 Å².